The van der Waals surface area contributed by atoms with E-state index in [1.165, 1.54) is 24.8 Å². The van der Waals surface area contributed by atoms with Gasteiger partial charge in [0.1, 0.15) is 0 Å². The maximum absolute atomic E-state index is 5.49. The Morgan fingerprint density at radius 3 is 2.45 bits per heavy atom. The van der Waals surface area contributed by atoms with Crippen LogP contribution in [0.1, 0.15) is 45.6 Å². The molecule has 2 nitrogen and oxygen atoms in total. The van der Waals surface area contributed by atoms with Crippen LogP contribution in [0.25, 0.3) is 0 Å². The van der Waals surface area contributed by atoms with Gasteiger partial charge >= 0.3 is 0 Å². The number of ether oxygens (including phenoxy) is 1. The van der Waals surface area contributed by atoms with Gasteiger partial charge in [0, 0.05) is 24.7 Å². The maximum Gasteiger partial charge on any atom is 0.0468 e. The van der Waals surface area contributed by atoms with E-state index in [4.69, 9.17) is 4.74 Å². The minimum atomic E-state index is 0.162. The largest absolute Gasteiger partial charge is 0.381 e. The normalized spacial score (nSPS) is 18.9. The average molecular weight is 275 g/mol. The summed E-state index contributed by atoms with van der Waals surface area (Å²) in [7, 11) is 0. The van der Waals surface area contributed by atoms with Gasteiger partial charge in [-0.1, -0.05) is 51.1 Å². The summed E-state index contributed by atoms with van der Waals surface area (Å²) in [6.07, 6.45) is 3.68. The summed E-state index contributed by atoms with van der Waals surface area (Å²) >= 11 is 0. The SMILES string of the molecule is CCNC(CC1CCOCC1)C(C)(C)c1ccccc1. The lowest BCUT2D eigenvalue weighted by Gasteiger charge is -2.38. The highest BCUT2D eigenvalue weighted by molar-refractivity contribution is 5.25. The van der Waals surface area contributed by atoms with Crippen molar-refractivity contribution in [3.05, 3.63) is 35.9 Å². The van der Waals surface area contributed by atoms with Crippen LogP contribution in [0.2, 0.25) is 0 Å². The maximum atomic E-state index is 5.49. The third kappa shape index (κ3) is 3.83. The second kappa shape index (κ2) is 7.24. The van der Waals surface area contributed by atoms with Crippen molar-refractivity contribution in [2.75, 3.05) is 19.8 Å². The lowest BCUT2D eigenvalue weighted by Crippen LogP contribution is -2.46. The quantitative estimate of drug-likeness (QED) is 0.853. The lowest BCUT2D eigenvalue weighted by atomic mass is 9.73. The number of nitrogens with one attached hydrogen (secondary N) is 1. The van der Waals surface area contributed by atoms with Crippen molar-refractivity contribution < 1.29 is 4.74 Å². The van der Waals surface area contributed by atoms with Crippen LogP contribution >= 0.6 is 0 Å². The second-order valence-electron chi connectivity index (χ2n) is 6.49. The van der Waals surface area contributed by atoms with Gasteiger partial charge in [-0.15, -0.1) is 0 Å². The Bertz CT molecular complexity index is 382. The molecule has 1 aromatic carbocycles. The third-order valence-corrected chi connectivity index (χ3v) is 4.75. The summed E-state index contributed by atoms with van der Waals surface area (Å²) in [5, 5.41) is 3.73. The molecule has 0 aliphatic carbocycles. The molecule has 1 aromatic rings. The minimum absolute atomic E-state index is 0.162. The first-order valence-electron chi connectivity index (χ1n) is 8.01. The summed E-state index contributed by atoms with van der Waals surface area (Å²) in [6.45, 7) is 9.86. The molecule has 1 heterocycles. The Morgan fingerprint density at radius 2 is 1.85 bits per heavy atom. The van der Waals surface area contributed by atoms with Crippen molar-refractivity contribution in [3.63, 3.8) is 0 Å². The Labute approximate surface area is 123 Å². The van der Waals surface area contributed by atoms with Gasteiger partial charge in [0.2, 0.25) is 0 Å². The molecule has 0 amide bonds. The molecule has 0 bridgehead atoms. The zero-order valence-corrected chi connectivity index (χ0v) is 13.2. The molecule has 0 aromatic heterocycles. The van der Waals surface area contributed by atoms with E-state index in [9.17, 15) is 0 Å². The van der Waals surface area contributed by atoms with E-state index in [2.05, 4.69) is 56.4 Å². The van der Waals surface area contributed by atoms with Crippen molar-refractivity contribution in [2.24, 2.45) is 5.92 Å². The van der Waals surface area contributed by atoms with E-state index in [1.54, 1.807) is 0 Å². The predicted octanol–water partition coefficient (Wildman–Crippen LogP) is 3.76. The van der Waals surface area contributed by atoms with Gasteiger partial charge in [0.05, 0.1) is 0 Å². The number of likely N-dealkylation sites (N-methyl/N-ethyl adjacent to an activating group) is 1. The molecule has 1 saturated heterocycles. The number of hydrogen-bond acceptors (Lipinski definition) is 2. The van der Waals surface area contributed by atoms with Crippen molar-refractivity contribution in [1.82, 2.24) is 5.32 Å². The van der Waals surface area contributed by atoms with Crippen molar-refractivity contribution in [3.8, 4) is 0 Å². The highest BCUT2D eigenvalue weighted by Crippen LogP contribution is 2.32. The van der Waals surface area contributed by atoms with E-state index >= 15 is 0 Å². The van der Waals surface area contributed by atoms with Crippen molar-refractivity contribution in [2.45, 2.75) is 51.5 Å². The van der Waals surface area contributed by atoms with Crippen LogP contribution in [0.5, 0.6) is 0 Å². The van der Waals surface area contributed by atoms with Crippen molar-refractivity contribution >= 4 is 0 Å². The summed E-state index contributed by atoms with van der Waals surface area (Å²) < 4.78 is 5.49. The third-order valence-electron chi connectivity index (χ3n) is 4.75. The molecule has 1 atom stereocenters. The molecule has 0 radical (unpaired) electrons. The fourth-order valence-electron chi connectivity index (χ4n) is 3.26. The van der Waals surface area contributed by atoms with Crippen LogP contribution < -0.4 is 5.32 Å². The smallest absolute Gasteiger partial charge is 0.0468 e. The van der Waals surface area contributed by atoms with E-state index in [0.29, 0.717) is 6.04 Å². The predicted molar refractivity (Wildman–Crippen MR) is 85.1 cm³/mol. The van der Waals surface area contributed by atoms with Gasteiger partial charge in [-0.2, -0.15) is 0 Å². The van der Waals surface area contributed by atoms with E-state index < -0.39 is 0 Å². The molecule has 2 heteroatoms. The minimum Gasteiger partial charge on any atom is -0.381 e. The van der Waals surface area contributed by atoms with Crippen LogP contribution in [0, 0.1) is 5.92 Å². The number of hydrogen-bond donors (Lipinski definition) is 1. The van der Waals surface area contributed by atoms with Gasteiger partial charge in [0.15, 0.2) is 0 Å². The summed E-state index contributed by atoms with van der Waals surface area (Å²) in [5.41, 5.74) is 1.59. The highest BCUT2D eigenvalue weighted by Gasteiger charge is 2.32. The van der Waals surface area contributed by atoms with E-state index in [1.807, 2.05) is 0 Å². The topological polar surface area (TPSA) is 21.3 Å². The van der Waals surface area contributed by atoms with Gasteiger partial charge in [-0.05, 0) is 37.3 Å². The second-order valence-corrected chi connectivity index (χ2v) is 6.49. The zero-order chi connectivity index (χ0) is 14.4. The molecule has 1 N–H and O–H groups in total. The Morgan fingerprint density at radius 1 is 1.20 bits per heavy atom. The van der Waals surface area contributed by atoms with Crippen LogP contribution in [0.15, 0.2) is 30.3 Å². The molecule has 1 aliphatic rings. The first kappa shape index (κ1) is 15.5. The summed E-state index contributed by atoms with van der Waals surface area (Å²) in [5.74, 6) is 0.802. The number of rotatable bonds is 6. The molecule has 0 spiro atoms. The monoisotopic (exact) mass is 275 g/mol. The Balaban J connectivity index is 2.09. The average Bonchev–Trinajstić information content (AvgIpc) is 2.49. The molecule has 2 rings (SSSR count). The van der Waals surface area contributed by atoms with Gasteiger partial charge in [0.25, 0.3) is 0 Å². The van der Waals surface area contributed by atoms with Crippen LogP contribution in [-0.2, 0) is 10.2 Å². The van der Waals surface area contributed by atoms with Crippen molar-refractivity contribution in [1.29, 1.82) is 0 Å². The van der Waals surface area contributed by atoms with E-state index in [-0.39, 0.29) is 5.41 Å². The molecule has 1 unspecified atom stereocenters. The molecule has 1 fully saturated rings. The summed E-state index contributed by atoms with van der Waals surface area (Å²) in [4.78, 5) is 0. The molecule has 0 saturated carbocycles. The van der Waals surface area contributed by atoms with Gasteiger partial charge < -0.3 is 10.1 Å². The number of benzene rings is 1. The zero-order valence-electron chi connectivity index (χ0n) is 13.2. The summed E-state index contributed by atoms with van der Waals surface area (Å²) in [6, 6.07) is 11.4. The molecule has 1 aliphatic heterocycles. The first-order valence-corrected chi connectivity index (χ1v) is 8.01. The first-order chi connectivity index (χ1) is 9.64. The van der Waals surface area contributed by atoms with Gasteiger partial charge in [-0.3, -0.25) is 0 Å². The van der Waals surface area contributed by atoms with Crippen LogP contribution in [0.3, 0.4) is 0 Å². The molecule has 112 valence electrons. The van der Waals surface area contributed by atoms with Crippen LogP contribution in [-0.4, -0.2) is 25.8 Å². The van der Waals surface area contributed by atoms with E-state index in [0.717, 1.165) is 25.7 Å². The standard InChI is InChI=1S/C18H29NO/c1-4-19-17(14-15-10-12-20-13-11-15)18(2,3)16-8-6-5-7-9-16/h5-9,15,17,19H,4,10-14H2,1-3H3. The van der Waals surface area contributed by atoms with Gasteiger partial charge in [-0.25, -0.2) is 0 Å². The van der Waals surface area contributed by atoms with Crippen LogP contribution in [0.4, 0.5) is 0 Å². The highest BCUT2D eigenvalue weighted by atomic mass is 16.5. The molecular weight excluding hydrogens is 246 g/mol. The molecule has 20 heavy (non-hydrogen) atoms. The molecular formula is C18H29NO. The Hall–Kier alpha value is -0.860. The lowest BCUT2D eigenvalue weighted by molar-refractivity contribution is 0.0574. The Kier molecular flexibility index (Phi) is 5.62. The fraction of sp³-hybridized carbons (Fsp3) is 0.667. The fourth-order valence-corrected chi connectivity index (χ4v) is 3.26.